The van der Waals surface area contributed by atoms with Crippen LogP contribution in [0.5, 0.6) is 0 Å². The molecule has 0 fully saturated rings. The first kappa shape index (κ1) is 23.2. The second kappa shape index (κ2) is 12.5. The monoisotopic (exact) mass is 405 g/mol. The Labute approximate surface area is 182 Å². The summed E-state index contributed by atoms with van der Waals surface area (Å²) in [5.74, 6) is 6.39. The summed E-state index contributed by atoms with van der Waals surface area (Å²) in [6.07, 6.45) is 12.3. The lowest BCUT2D eigenvalue weighted by Gasteiger charge is -2.17. The Balaban J connectivity index is 1.68. The van der Waals surface area contributed by atoms with Gasteiger partial charge in [0.15, 0.2) is 0 Å². The number of thiophene rings is 1. The lowest BCUT2D eigenvalue weighted by atomic mass is 9.98. The van der Waals surface area contributed by atoms with Gasteiger partial charge in [-0.05, 0) is 98.8 Å². The van der Waals surface area contributed by atoms with Crippen molar-refractivity contribution >= 4 is 17.4 Å². The molecule has 0 N–H and O–H groups in total. The van der Waals surface area contributed by atoms with Crippen molar-refractivity contribution in [3.63, 3.8) is 0 Å². The van der Waals surface area contributed by atoms with Crippen molar-refractivity contribution in [1.82, 2.24) is 4.90 Å². The van der Waals surface area contributed by atoms with Crippen LogP contribution in [0.1, 0.15) is 52.5 Å². The summed E-state index contributed by atoms with van der Waals surface area (Å²) in [5, 5.41) is 4.33. The summed E-state index contributed by atoms with van der Waals surface area (Å²) in [4.78, 5) is 2.48. The molecule has 0 aliphatic heterocycles. The number of allylic oxidation sites excluding steroid dienone is 2. The Morgan fingerprint density at radius 1 is 1.07 bits per heavy atom. The van der Waals surface area contributed by atoms with Gasteiger partial charge in [0.2, 0.25) is 0 Å². The highest BCUT2D eigenvalue weighted by molar-refractivity contribution is 7.08. The van der Waals surface area contributed by atoms with Crippen LogP contribution in [0.4, 0.5) is 0 Å². The normalized spacial score (nSPS) is 12.0. The molecule has 2 heteroatoms. The van der Waals surface area contributed by atoms with Crippen molar-refractivity contribution in [1.29, 1.82) is 0 Å². The molecule has 1 nitrogen and oxygen atoms in total. The highest BCUT2D eigenvalue weighted by Gasteiger charge is 2.02. The van der Waals surface area contributed by atoms with E-state index in [9.17, 15) is 0 Å². The SMILES string of the molecule is CCN(CC=CC#CC(C)(C)C)CCCCC=Cc1cccc(-c2ccsc2)c1. The number of benzene rings is 1. The van der Waals surface area contributed by atoms with Crippen molar-refractivity contribution in [3.05, 3.63) is 64.9 Å². The quantitative estimate of drug-likeness (QED) is 0.292. The maximum atomic E-state index is 3.24. The van der Waals surface area contributed by atoms with Crippen molar-refractivity contribution < 1.29 is 0 Å². The average molecular weight is 406 g/mol. The fourth-order valence-electron chi connectivity index (χ4n) is 2.97. The third-order valence-corrected chi connectivity index (χ3v) is 5.29. The molecule has 0 aliphatic carbocycles. The number of nitrogens with zero attached hydrogens (tertiary/aromatic N) is 1. The van der Waals surface area contributed by atoms with Gasteiger partial charge in [0.05, 0.1) is 0 Å². The Morgan fingerprint density at radius 2 is 1.93 bits per heavy atom. The molecular formula is C27H35NS. The van der Waals surface area contributed by atoms with Gasteiger partial charge in [0.25, 0.3) is 0 Å². The summed E-state index contributed by atoms with van der Waals surface area (Å²) in [5.41, 5.74) is 3.97. The predicted octanol–water partition coefficient (Wildman–Crippen LogP) is 7.53. The largest absolute Gasteiger partial charge is 0.300 e. The molecule has 0 amide bonds. The molecule has 0 atom stereocenters. The Bertz CT molecular complexity index is 825. The van der Waals surface area contributed by atoms with Crippen LogP contribution >= 0.6 is 11.3 Å². The molecule has 154 valence electrons. The van der Waals surface area contributed by atoms with E-state index in [0.29, 0.717) is 0 Å². The summed E-state index contributed by atoms with van der Waals surface area (Å²) >= 11 is 1.75. The summed E-state index contributed by atoms with van der Waals surface area (Å²) in [6.45, 7) is 11.9. The third kappa shape index (κ3) is 9.79. The molecule has 29 heavy (non-hydrogen) atoms. The van der Waals surface area contributed by atoms with Crippen LogP contribution in [-0.4, -0.2) is 24.5 Å². The molecule has 0 unspecified atom stereocenters. The molecule has 0 radical (unpaired) electrons. The summed E-state index contributed by atoms with van der Waals surface area (Å²) in [7, 11) is 0. The number of hydrogen-bond donors (Lipinski definition) is 0. The molecule has 0 bridgehead atoms. The van der Waals surface area contributed by atoms with Crippen molar-refractivity contribution in [2.75, 3.05) is 19.6 Å². The summed E-state index contributed by atoms with van der Waals surface area (Å²) < 4.78 is 0. The van der Waals surface area contributed by atoms with E-state index in [0.717, 1.165) is 26.1 Å². The van der Waals surface area contributed by atoms with Gasteiger partial charge in [-0.2, -0.15) is 11.3 Å². The first-order valence-electron chi connectivity index (χ1n) is 10.7. The number of rotatable bonds is 10. The van der Waals surface area contributed by atoms with Crippen LogP contribution in [0.2, 0.25) is 0 Å². The topological polar surface area (TPSA) is 3.24 Å². The lowest BCUT2D eigenvalue weighted by molar-refractivity contribution is 0.312. The van der Waals surface area contributed by atoms with Crippen LogP contribution in [-0.2, 0) is 0 Å². The van der Waals surface area contributed by atoms with Crippen LogP contribution < -0.4 is 0 Å². The van der Waals surface area contributed by atoms with Gasteiger partial charge in [0, 0.05) is 12.0 Å². The highest BCUT2D eigenvalue weighted by atomic mass is 32.1. The molecule has 1 heterocycles. The number of hydrogen-bond acceptors (Lipinski definition) is 2. The van der Waals surface area contributed by atoms with E-state index in [1.807, 2.05) is 6.08 Å². The predicted molar refractivity (Wildman–Crippen MR) is 131 cm³/mol. The minimum absolute atomic E-state index is 0.0769. The first-order chi connectivity index (χ1) is 14.0. The van der Waals surface area contributed by atoms with E-state index < -0.39 is 0 Å². The molecule has 0 spiro atoms. The molecule has 2 rings (SSSR count). The van der Waals surface area contributed by atoms with Gasteiger partial charge < -0.3 is 0 Å². The standard InChI is InChI=1S/C27H35NS/c1-5-28(20-12-8-10-18-27(2,3)4)19-11-7-6-9-14-24-15-13-16-25(22-24)26-17-21-29-23-26/h8-9,12-17,21-23H,5-7,11,19-20H2,1-4H3. The van der Waals surface area contributed by atoms with Gasteiger partial charge in [-0.1, -0.05) is 55.2 Å². The third-order valence-electron chi connectivity index (χ3n) is 4.61. The van der Waals surface area contributed by atoms with E-state index in [4.69, 9.17) is 0 Å². The smallest absolute Gasteiger partial charge is 0.0233 e. The minimum Gasteiger partial charge on any atom is -0.300 e. The molecule has 0 saturated carbocycles. The maximum Gasteiger partial charge on any atom is 0.0233 e. The van der Waals surface area contributed by atoms with E-state index in [1.54, 1.807) is 11.3 Å². The zero-order valence-electron chi connectivity index (χ0n) is 18.4. The first-order valence-corrected chi connectivity index (χ1v) is 11.6. The van der Waals surface area contributed by atoms with Crippen LogP contribution in [0.25, 0.3) is 17.2 Å². The second-order valence-electron chi connectivity index (χ2n) is 8.35. The fourth-order valence-corrected chi connectivity index (χ4v) is 3.63. The Hall–Kier alpha value is -2.08. The van der Waals surface area contributed by atoms with Crippen molar-refractivity contribution in [2.45, 2.75) is 47.0 Å². The average Bonchev–Trinajstić information content (AvgIpc) is 3.23. The van der Waals surface area contributed by atoms with Crippen molar-refractivity contribution in [2.24, 2.45) is 5.41 Å². The van der Waals surface area contributed by atoms with E-state index in [1.165, 1.54) is 29.5 Å². The van der Waals surface area contributed by atoms with E-state index in [2.05, 4.69) is 104 Å². The maximum absolute atomic E-state index is 3.24. The minimum atomic E-state index is 0.0769. The molecular weight excluding hydrogens is 370 g/mol. The molecule has 0 aliphatic rings. The van der Waals surface area contributed by atoms with E-state index in [-0.39, 0.29) is 5.41 Å². The van der Waals surface area contributed by atoms with E-state index >= 15 is 0 Å². The van der Waals surface area contributed by atoms with Crippen LogP contribution in [0, 0.1) is 17.3 Å². The summed E-state index contributed by atoms with van der Waals surface area (Å²) in [6, 6.07) is 11.0. The zero-order valence-corrected chi connectivity index (χ0v) is 19.3. The Kier molecular flexibility index (Phi) is 9.98. The molecule has 0 saturated heterocycles. The highest BCUT2D eigenvalue weighted by Crippen LogP contribution is 2.23. The zero-order chi connectivity index (χ0) is 21.0. The number of unbranched alkanes of at least 4 members (excludes halogenated alkanes) is 2. The van der Waals surface area contributed by atoms with Gasteiger partial charge in [-0.25, -0.2) is 0 Å². The van der Waals surface area contributed by atoms with Gasteiger partial charge in [-0.3, -0.25) is 4.90 Å². The van der Waals surface area contributed by atoms with Crippen LogP contribution in [0.15, 0.2) is 59.3 Å². The number of likely N-dealkylation sites (N-methyl/N-ethyl adjacent to an activating group) is 1. The fraction of sp³-hybridized carbons (Fsp3) is 0.407. The van der Waals surface area contributed by atoms with Gasteiger partial charge >= 0.3 is 0 Å². The second-order valence-corrected chi connectivity index (χ2v) is 9.13. The molecule has 1 aromatic heterocycles. The Morgan fingerprint density at radius 3 is 2.66 bits per heavy atom. The van der Waals surface area contributed by atoms with Crippen LogP contribution in [0.3, 0.4) is 0 Å². The molecule has 2 aromatic rings. The molecule has 1 aromatic carbocycles. The van der Waals surface area contributed by atoms with Gasteiger partial charge in [0.1, 0.15) is 0 Å². The lowest BCUT2D eigenvalue weighted by Crippen LogP contribution is -2.24. The van der Waals surface area contributed by atoms with Crippen molar-refractivity contribution in [3.8, 4) is 23.0 Å². The van der Waals surface area contributed by atoms with Gasteiger partial charge in [-0.15, -0.1) is 0 Å².